The summed E-state index contributed by atoms with van der Waals surface area (Å²) in [6.45, 7) is 8.32. The monoisotopic (exact) mass is 203 g/mol. The molecule has 0 atom stereocenters. The summed E-state index contributed by atoms with van der Waals surface area (Å²) in [6.07, 6.45) is 5.14. The minimum absolute atomic E-state index is 0. The zero-order valence-electron chi connectivity index (χ0n) is 6.61. The Kier molecular flexibility index (Phi) is 12.4. The molecule has 0 aliphatic heterocycles. The van der Waals surface area contributed by atoms with Gasteiger partial charge in [-0.3, -0.25) is 0 Å². The molecular formula is C8H17Zr-. The van der Waals surface area contributed by atoms with Gasteiger partial charge in [-0.2, -0.15) is 6.42 Å². The van der Waals surface area contributed by atoms with Gasteiger partial charge in [-0.15, -0.1) is 0 Å². The van der Waals surface area contributed by atoms with Crippen LogP contribution in [0.4, 0.5) is 0 Å². The second kappa shape index (κ2) is 8.88. The van der Waals surface area contributed by atoms with Crippen LogP contribution in [0.15, 0.2) is 0 Å². The molecule has 0 radical (unpaired) electrons. The zero-order valence-corrected chi connectivity index (χ0v) is 9.07. The maximum absolute atomic E-state index is 3.78. The van der Waals surface area contributed by atoms with Gasteiger partial charge in [0, 0.05) is 26.2 Å². The average molecular weight is 204 g/mol. The van der Waals surface area contributed by atoms with Gasteiger partial charge in [0.05, 0.1) is 0 Å². The van der Waals surface area contributed by atoms with Gasteiger partial charge < -0.3 is 6.92 Å². The molecule has 0 nitrogen and oxygen atoms in total. The number of hydrogen-bond donors (Lipinski definition) is 0. The largest absolute Gasteiger partial charge is 0.343 e. The van der Waals surface area contributed by atoms with Crippen molar-refractivity contribution in [1.29, 1.82) is 0 Å². The molecule has 0 aromatic rings. The quantitative estimate of drug-likeness (QED) is 0.488. The molecule has 0 amide bonds. The van der Waals surface area contributed by atoms with Crippen molar-refractivity contribution < 1.29 is 26.2 Å². The van der Waals surface area contributed by atoms with Crippen LogP contribution in [-0.2, 0) is 26.2 Å². The van der Waals surface area contributed by atoms with Gasteiger partial charge in [-0.05, 0) is 5.92 Å². The van der Waals surface area contributed by atoms with E-state index in [0.717, 1.165) is 12.3 Å². The minimum atomic E-state index is 0. The maximum atomic E-state index is 3.78. The van der Waals surface area contributed by atoms with Crippen LogP contribution >= 0.6 is 0 Å². The van der Waals surface area contributed by atoms with E-state index in [1.807, 2.05) is 0 Å². The molecule has 0 unspecified atom stereocenters. The molecule has 0 aromatic heterocycles. The molecular weight excluding hydrogens is 187 g/mol. The van der Waals surface area contributed by atoms with Crippen molar-refractivity contribution in [1.82, 2.24) is 0 Å². The molecule has 54 valence electrons. The van der Waals surface area contributed by atoms with Gasteiger partial charge in [-0.1, -0.05) is 33.1 Å². The Morgan fingerprint density at radius 3 is 2.11 bits per heavy atom. The normalized spacial score (nSPS) is 9.33. The van der Waals surface area contributed by atoms with Gasteiger partial charge in [0.1, 0.15) is 0 Å². The van der Waals surface area contributed by atoms with Crippen LogP contribution in [0.25, 0.3) is 0 Å². The third kappa shape index (κ3) is 12.2. The Balaban J connectivity index is 0. The van der Waals surface area contributed by atoms with E-state index in [1.54, 1.807) is 0 Å². The molecule has 0 spiro atoms. The van der Waals surface area contributed by atoms with Gasteiger partial charge in [0.2, 0.25) is 0 Å². The maximum Gasteiger partial charge on any atom is 0 e. The number of unbranched alkanes of at least 4 members (excludes halogenated alkanes) is 2. The van der Waals surface area contributed by atoms with Gasteiger partial charge >= 0.3 is 0 Å². The van der Waals surface area contributed by atoms with Crippen LogP contribution in [0.1, 0.15) is 39.5 Å². The van der Waals surface area contributed by atoms with E-state index < -0.39 is 0 Å². The first-order chi connectivity index (χ1) is 3.77. The Hall–Kier alpha value is 0.883. The van der Waals surface area contributed by atoms with Crippen LogP contribution in [-0.4, -0.2) is 0 Å². The third-order valence-electron chi connectivity index (χ3n) is 1.28. The van der Waals surface area contributed by atoms with Crippen LogP contribution in [0, 0.1) is 12.8 Å². The van der Waals surface area contributed by atoms with E-state index in [0.29, 0.717) is 0 Å². The first-order valence-corrected chi connectivity index (χ1v) is 3.56. The summed E-state index contributed by atoms with van der Waals surface area (Å²) in [6, 6.07) is 0. The first-order valence-electron chi connectivity index (χ1n) is 3.56. The van der Waals surface area contributed by atoms with Crippen molar-refractivity contribution >= 4 is 0 Å². The van der Waals surface area contributed by atoms with E-state index in [9.17, 15) is 0 Å². The molecule has 0 fully saturated rings. The van der Waals surface area contributed by atoms with Crippen molar-refractivity contribution in [2.45, 2.75) is 39.5 Å². The SMILES string of the molecule is [CH2-]CCCCC(C)C.[Zr]. The zero-order chi connectivity index (χ0) is 6.41. The number of hydrogen-bond acceptors (Lipinski definition) is 0. The van der Waals surface area contributed by atoms with Crippen LogP contribution in [0.5, 0.6) is 0 Å². The Morgan fingerprint density at radius 1 is 1.22 bits per heavy atom. The van der Waals surface area contributed by atoms with E-state index in [2.05, 4.69) is 20.8 Å². The van der Waals surface area contributed by atoms with E-state index >= 15 is 0 Å². The summed E-state index contributed by atoms with van der Waals surface area (Å²) >= 11 is 0. The smallest absolute Gasteiger partial charge is 0 e. The molecule has 1 heteroatoms. The first kappa shape index (κ1) is 12.5. The summed E-state index contributed by atoms with van der Waals surface area (Å²) in [4.78, 5) is 0. The topological polar surface area (TPSA) is 0 Å². The van der Waals surface area contributed by atoms with Crippen molar-refractivity contribution in [2.75, 3.05) is 0 Å². The Morgan fingerprint density at radius 2 is 1.78 bits per heavy atom. The van der Waals surface area contributed by atoms with Crippen molar-refractivity contribution in [2.24, 2.45) is 5.92 Å². The predicted molar refractivity (Wildman–Crippen MR) is 38.7 cm³/mol. The molecule has 0 heterocycles. The van der Waals surface area contributed by atoms with E-state index in [4.69, 9.17) is 0 Å². The molecule has 0 aromatic carbocycles. The minimum Gasteiger partial charge on any atom is -0.343 e. The standard InChI is InChI=1S/C8H17.Zr/c1-4-5-6-7-8(2)3;/h8H,1,4-7H2,2-3H3;/q-1;. The molecule has 0 aliphatic rings. The van der Waals surface area contributed by atoms with E-state index in [-0.39, 0.29) is 26.2 Å². The molecule has 0 saturated heterocycles. The van der Waals surface area contributed by atoms with Crippen LogP contribution in [0.3, 0.4) is 0 Å². The van der Waals surface area contributed by atoms with E-state index in [1.165, 1.54) is 19.3 Å². The van der Waals surface area contributed by atoms with Crippen molar-refractivity contribution in [3.63, 3.8) is 0 Å². The summed E-state index contributed by atoms with van der Waals surface area (Å²) in [5.74, 6) is 0.876. The van der Waals surface area contributed by atoms with Crippen LogP contribution < -0.4 is 0 Å². The van der Waals surface area contributed by atoms with Crippen molar-refractivity contribution in [3.8, 4) is 0 Å². The van der Waals surface area contributed by atoms with Crippen molar-refractivity contribution in [3.05, 3.63) is 6.92 Å². The Labute approximate surface area is 78.5 Å². The third-order valence-corrected chi connectivity index (χ3v) is 1.28. The fourth-order valence-corrected chi connectivity index (χ4v) is 0.729. The molecule has 0 bridgehead atoms. The predicted octanol–water partition coefficient (Wildman–Crippen LogP) is 3.03. The number of rotatable bonds is 4. The van der Waals surface area contributed by atoms with Gasteiger partial charge in [0.15, 0.2) is 0 Å². The summed E-state index contributed by atoms with van der Waals surface area (Å²) in [7, 11) is 0. The molecule has 9 heavy (non-hydrogen) atoms. The van der Waals surface area contributed by atoms with Gasteiger partial charge in [0.25, 0.3) is 0 Å². The molecule has 0 N–H and O–H groups in total. The Bertz CT molecular complexity index is 41.8. The molecule has 0 aliphatic carbocycles. The fraction of sp³-hybridized carbons (Fsp3) is 0.875. The van der Waals surface area contributed by atoms with Crippen LogP contribution in [0.2, 0.25) is 0 Å². The fourth-order valence-electron chi connectivity index (χ4n) is 0.729. The summed E-state index contributed by atoms with van der Waals surface area (Å²) in [5, 5.41) is 0. The molecule has 0 rings (SSSR count). The summed E-state index contributed by atoms with van der Waals surface area (Å²) < 4.78 is 0. The van der Waals surface area contributed by atoms with Gasteiger partial charge in [-0.25, -0.2) is 0 Å². The second-order valence-corrected chi connectivity index (χ2v) is 2.74. The molecule has 0 saturated carbocycles. The summed E-state index contributed by atoms with van der Waals surface area (Å²) in [5.41, 5.74) is 0. The second-order valence-electron chi connectivity index (χ2n) is 2.74. The average Bonchev–Trinajstić information content (AvgIpc) is 1.66.